The van der Waals surface area contributed by atoms with Crippen LogP contribution in [0.5, 0.6) is 0 Å². The van der Waals surface area contributed by atoms with Crippen molar-refractivity contribution in [2.24, 2.45) is 12.5 Å². The molecule has 146 valence electrons. The first kappa shape index (κ1) is 17.4. The molecule has 0 bridgehead atoms. The molecule has 0 radical (unpaired) electrons. The minimum Gasteiger partial charge on any atom is -0.381 e. The van der Waals surface area contributed by atoms with Crippen molar-refractivity contribution in [3.63, 3.8) is 0 Å². The first-order valence-electron chi connectivity index (χ1n) is 9.91. The summed E-state index contributed by atoms with van der Waals surface area (Å²) in [4.78, 5) is 18.5. The van der Waals surface area contributed by atoms with Crippen molar-refractivity contribution in [1.29, 1.82) is 0 Å². The fourth-order valence-corrected chi connectivity index (χ4v) is 4.96. The second kappa shape index (κ2) is 6.74. The molecule has 2 fully saturated rings. The van der Waals surface area contributed by atoms with Gasteiger partial charge in [0.15, 0.2) is 0 Å². The molecule has 1 spiro atoms. The molecular weight excluding hydrogens is 354 g/mol. The van der Waals surface area contributed by atoms with Gasteiger partial charge in [0.1, 0.15) is 12.2 Å². The number of carbonyl (C=O) groups is 1. The summed E-state index contributed by atoms with van der Waals surface area (Å²) >= 11 is 0. The number of aromatic nitrogens is 4. The van der Waals surface area contributed by atoms with Crippen molar-refractivity contribution in [3.8, 4) is 0 Å². The summed E-state index contributed by atoms with van der Waals surface area (Å²) in [6, 6.07) is 8.13. The number of para-hydroxylation sites is 1. The van der Waals surface area contributed by atoms with Gasteiger partial charge in [0, 0.05) is 61.8 Å². The largest absolute Gasteiger partial charge is 0.381 e. The smallest absolute Gasteiger partial charge is 0.227 e. The van der Waals surface area contributed by atoms with Crippen LogP contribution in [0.1, 0.15) is 30.1 Å². The molecule has 1 amide bonds. The lowest BCUT2D eigenvalue weighted by atomic mass is 9.72. The standard InChI is InChI=1S/C21H25N5O2/c1-25-14-23-24-20(25)17-12-26(13-21(17)6-8-28-9-7-21)19(27)10-15-11-22-18-5-3-2-4-16(15)18/h2-5,11,14,17,22H,6-10,12-13H2,1H3. The second-order valence-electron chi connectivity index (χ2n) is 8.14. The summed E-state index contributed by atoms with van der Waals surface area (Å²) < 4.78 is 7.63. The third kappa shape index (κ3) is 2.81. The summed E-state index contributed by atoms with van der Waals surface area (Å²) in [6.45, 7) is 2.97. The molecule has 2 aromatic heterocycles. The lowest BCUT2D eigenvalue weighted by Gasteiger charge is -2.37. The number of rotatable bonds is 3. The lowest BCUT2D eigenvalue weighted by Crippen LogP contribution is -2.38. The summed E-state index contributed by atoms with van der Waals surface area (Å²) in [5.74, 6) is 1.36. The van der Waals surface area contributed by atoms with Crippen LogP contribution >= 0.6 is 0 Å². The molecule has 2 saturated heterocycles. The number of fused-ring (bicyclic) bond motifs is 1. The third-order valence-corrected chi connectivity index (χ3v) is 6.56. The van der Waals surface area contributed by atoms with Crippen molar-refractivity contribution in [2.45, 2.75) is 25.2 Å². The first-order valence-corrected chi connectivity index (χ1v) is 9.91. The highest BCUT2D eigenvalue weighted by Gasteiger charge is 2.50. The van der Waals surface area contributed by atoms with Crippen LogP contribution in [-0.4, -0.2) is 56.9 Å². The van der Waals surface area contributed by atoms with E-state index in [1.165, 1.54) is 0 Å². The Kier molecular flexibility index (Phi) is 4.19. The third-order valence-electron chi connectivity index (χ3n) is 6.56. The van der Waals surface area contributed by atoms with Gasteiger partial charge in [-0.25, -0.2) is 0 Å². The molecule has 3 aromatic rings. The number of hydrogen-bond acceptors (Lipinski definition) is 4. The quantitative estimate of drug-likeness (QED) is 0.757. The van der Waals surface area contributed by atoms with Gasteiger partial charge in [0.25, 0.3) is 0 Å². The van der Waals surface area contributed by atoms with Crippen molar-refractivity contribution in [2.75, 3.05) is 26.3 Å². The zero-order valence-electron chi connectivity index (χ0n) is 16.1. The van der Waals surface area contributed by atoms with E-state index in [1.807, 2.05) is 40.9 Å². The highest BCUT2D eigenvalue weighted by Crippen LogP contribution is 2.49. The van der Waals surface area contributed by atoms with E-state index in [0.29, 0.717) is 13.0 Å². The molecule has 0 saturated carbocycles. The number of H-pyrrole nitrogens is 1. The SMILES string of the molecule is Cn1cnnc1C1CN(C(=O)Cc2c[nH]c3ccccc23)CC12CCOCC2. The normalized spacial score (nSPS) is 21.6. The van der Waals surface area contributed by atoms with Gasteiger partial charge in [-0.2, -0.15) is 0 Å². The van der Waals surface area contributed by atoms with Crippen LogP contribution in [0.25, 0.3) is 10.9 Å². The molecule has 4 heterocycles. The van der Waals surface area contributed by atoms with E-state index < -0.39 is 0 Å². The van der Waals surface area contributed by atoms with Crippen molar-refractivity contribution in [1.82, 2.24) is 24.6 Å². The Labute approximate surface area is 163 Å². The highest BCUT2D eigenvalue weighted by molar-refractivity contribution is 5.89. The number of aromatic amines is 1. The van der Waals surface area contributed by atoms with Crippen LogP contribution in [0.15, 0.2) is 36.8 Å². The van der Waals surface area contributed by atoms with E-state index in [-0.39, 0.29) is 17.2 Å². The number of nitrogens with one attached hydrogen (secondary N) is 1. The van der Waals surface area contributed by atoms with Gasteiger partial charge in [-0.3, -0.25) is 4.79 Å². The van der Waals surface area contributed by atoms with Gasteiger partial charge in [-0.15, -0.1) is 10.2 Å². The van der Waals surface area contributed by atoms with Crippen molar-refractivity contribution in [3.05, 3.63) is 48.2 Å². The van der Waals surface area contributed by atoms with Crippen LogP contribution in [0.2, 0.25) is 0 Å². The number of likely N-dealkylation sites (tertiary alicyclic amines) is 1. The summed E-state index contributed by atoms with van der Waals surface area (Å²) in [6.07, 6.45) is 6.05. The Bertz CT molecular complexity index is 1000. The predicted molar refractivity (Wildman–Crippen MR) is 105 cm³/mol. The molecule has 1 aromatic carbocycles. The molecule has 5 rings (SSSR count). The van der Waals surface area contributed by atoms with Crippen LogP contribution in [0.4, 0.5) is 0 Å². The van der Waals surface area contributed by atoms with E-state index in [4.69, 9.17) is 4.74 Å². The second-order valence-corrected chi connectivity index (χ2v) is 8.14. The molecule has 28 heavy (non-hydrogen) atoms. The maximum absolute atomic E-state index is 13.2. The molecule has 1 N–H and O–H groups in total. The monoisotopic (exact) mass is 379 g/mol. The Hall–Kier alpha value is -2.67. The Balaban J connectivity index is 1.41. The number of ether oxygens (including phenoxy) is 1. The summed E-state index contributed by atoms with van der Waals surface area (Å²) in [5, 5.41) is 9.60. The van der Waals surface area contributed by atoms with Gasteiger partial charge in [0.05, 0.1) is 6.42 Å². The Morgan fingerprint density at radius 3 is 2.93 bits per heavy atom. The average molecular weight is 379 g/mol. The fourth-order valence-electron chi connectivity index (χ4n) is 4.96. The first-order chi connectivity index (χ1) is 13.7. The number of benzene rings is 1. The van der Waals surface area contributed by atoms with E-state index >= 15 is 0 Å². The molecule has 2 aliphatic rings. The lowest BCUT2D eigenvalue weighted by molar-refractivity contribution is -0.130. The minimum atomic E-state index is 0.0366. The minimum absolute atomic E-state index is 0.0366. The van der Waals surface area contributed by atoms with Gasteiger partial charge < -0.3 is 19.2 Å². The van der Waals surface area contributed by atoms with Crippen LogP contribution in [0, 0.1) is 5.41 Å². The molecule has 7 nitrogen and oxygen atoms in total. The van der Waals surface area contributed by atoms with E-state index in [0.717, 1.165) is 54.9 Å². The van der Waals surface area contributed by atoms with Gasteiger partial charge in [0.2, 0.25) is 5.91 Å². The maximum Gasteiger partial charge on any atom is 0.227 e. The van der Waals surface area contributed by atoms with Crippen molar-refractivity contribution >= 4 is 16.8 Å². The zero-order chi connectivity index (χ0) is 19.1. The van der Waals surface area contributed by atoms with Crippen LogP contribution in [0.3, 0.4) is 0 Å². The average Bonchev–Trinajstić information content (AvgIpc) is 3.41. The Morgan fingerprint density at radius 2 is 2.14 bits per heavy atom. The maximum atomic E-state index is 13.2. The number of carbonyl (C=O) groups excluding carboxylic acids is 1. The number of hydrogen-bond donors (Lipinski definition) is 1. The van der Waals surface area contributed by atoms with Crippen molar-refractivity contribution < 1.29 is 9.53 Å². The molecule has 7 heteroatoms. The zero-order valence-corrected chi connectivity index (χ0v) is 16.1. The number of amides is 1. The highest BCUT2D eigenvalue weighted by atomic mass is 16.5. The van der Waals surface area contributed by atoms with Gasteiger partial charge in [-0.1, -0.05) is 18.2 Å². The molecule has 0 aliphatic carbocycles. The molecular formula is C21H25N5O2. The summed E-state index contributed by atoms with van der Waals surface area (Å²) in [5.41, 5.74) is 2.17. The predicted octanol–water partition coefficient (Wildman–Crippen LogP) is 2.26. The van der Waals surface area contributed by atoms with E-state index in [9.17, 15) is 4.79 Å². The topological polar surface area (TPSA) is 76.0 Å². The number of nitrogens with zero attached hydrogens (tertiary/aromatic N) is 4. The molecule has 1 atom stereocenters. The van der Waals surface area contributed by atoms with E-state index in [2.05, 4.69) is 21.2 Å². The fraction of sp³-hybridized carbons (Fsp3) is 0.476. The molecule has 1 unspecified atom stereocenters. The number of aryl methyl sites for hydroxylation is 1. The Morgan fingerprint density at radius 1 is 1.32 bits per heavy atom. The van der Waals surface area contributed by atoms with Gasteiger partial charge >= 0.3 is 0 Å². The van der Waals surface area contributed by atoms with E-state index in [1.54, 1.807) is 6.33 Å². The van der Waals surface area contributed by atoms with Crippen LogP contribution < -0.4 is 0 Å². The summed E-state index contributed by atoms with van der Waals surface area (Å²) in [7, 11) is 1.98. The molecule has 2 aliphatic heterocycles. The van der Waals surface area contributed by atoms with Crippen LogP contribution in [-0.2, 0) is 23.0 Å². The van der Waals surface area contributed by atoms with Gasteiger partial charge in [-0.05, 0) is 24.5 Å².